The van der Waals surface area contributed by atoms with Crippen LogP contribution in [-0.2, 0) is 0 Å². The number of aromatic nitrogens is 2. The molecule has 1 atom stereocenters. The summed E-state index contributed by atoms with van der Waals surface area (Å²) in [5.41, 5.74) is 0.0117. The first-order chi connectivity index (χ1) is 8.13. The van der Waals surface area contributed by atoms with Crippen LogP contribution >= 0.6 is 11.8 Å². The van der Waals surface area contributed by atoms with Crippen LogP contribution < -0.4 is 5.32 Å². The monoisotopic (exact) mass is 255 g/mol. The second-order valence-corrected chi connectivity index (χ2v) is 5.00. The molecular formula is C11H17N3O2S. The van der Waals surface area contributed by atoms with Gasteiger partial charge in [-0.3, -0.25) is 0 Å². The number of nitrogens with zero attached hydrogens (tertiary/aromatic N) is 2. The van der Waals surface area contributed by atoms with Crippen LogP contribution in [0.3, 0.4) is 0 Å². The van der Waals surface area contributed by atoms with Crippen molar-refractivity contribution < 1.29 is 9.90 Å². The van der Waals surface area contributed by atoms with Crippen LogP contribution in [0.5, 0.6) is 0 Å². The Labute approximate surface area is 105 Å². The Hall–Kier alpha value is -1.30. The van der Waals surface area contributed by atoms with Gasteiger partial charge in [0.1, 0.15) is 0 Å². The van der Waals surface area contributed by atoms with Gasteiger partial charge in [-0.25, -0.2) is 14.8 Å². The zero-order valence-electron chi connectivity index (χ0n) is 10.0. The molecular weight excluding hydrogens is 238 g/mol. The zero-order chi connectivity index (χ0) is 12.7. The average molecular weight is 255 g/mol. The van der Waals surface area contributed by atoms with Crippen LogP contribution in [0.4, 0.5) is 5.95 Å². The van der Waals surface area contributed by atoms with Gasteiger partial charge < -0.3 is 10.4 Å². The predicted molar refractivity (Wildman–Crippen MR) is 69.7 cm³/mol. The van der Waals surface area contributed by atoms with Crippen molar-refractivity contribution in [2.75, 3.05) is 16.8 Å². The molecule has 6 heteroatoms. The lowest BCUT2D eigenvalue weighted by Crippen LogP contribution is -2.18. The molecule has 0 spiro atoms. The van der Waals surface area contributed by atoms with Gasteiger partial charge in [0.05, 0.1) is 0 Å². The Balaban J connectivity index is 2.50. The van der Waals surface area contributed by atoms with E-state index in [9.17, 15) is 4.79 Å². The molecule has 0 amide bonds. The van der Waals surface area contributed by atoms with Crippen molar-refractivity contribution in [2.45, 2.75) is 26.3 Å². The van der Waals surface area contributed by atoms with Crippen LogP contribution in [0.25, 0.3) is 0 Å². The molecule has 5 nitrogen and oxygen atoms in total. The summed E-state index contributed by atoms with van der Waals surface area (Å²) in [5.74, 6) is 1.52. The number of hydrogen-bond donors (Lipinski definition) is 2. The smallest absolute Gasteiger partial charge is 0.354 e. The van der Waals surface area contributed by atoms with Crippen molar-refractivity contribution in [3.05, 3.63) is 18.0 Å². The van der Waals surface area contributed by atoms with Crippen molar-refractivity contribution >= 4 is 23.7 Å². The summed E-state index contributed by atoms with van der Waals surface area (Å²) in [6, 6.07) is 1.61. The molecule has 0 radical (unpaired) electrons. The van der Waals surface area contributed by atoms with Crippen LogP contribution in [-0.4, -0.2) is 38.6 Å². The lowest BCUT2D eigenvalue weighted by atomic mass is 10.3. The Morgan fingerprint density at radius 1 is 1.65 bits per heavy atom. The Morgan fingerprint density at radius 3 is 3.06 bits per heavy atom. The van der Waals surface area contributed by atoms with Gasteiger partial charge in [-0.1, -0.05) is 6.92 Å². The summed E-state index contributed by atoms with van der Waals surface area (Å²) < 4.78 is 0. The van der Waals surface area contributed by atoms with Crippen LogP contribution in [0.15, 0.2) is 12.3 Å². The van der Waals surface area contributed by atoms with Gasteiger partial charge in [-0.2, -0.15) is 11.8 Å². The maximum atomic E-state index is 10.7. The number of aromatic carboxylic acids is 1. The number of carboxylic acids is 1. The summed E-state index contributed by atoms with van der Waals surface area (Å²) in [6.07, 6.45) is 2.45. The molecule has 0 saturated heterocycles. The maximum Gasteiger partial charge on any atom is 0.354 e. The predicted octanol–water partition coefficient (Wildman–Crippen LogP) is 2.12. The van der Waals surface area contributed by atoms with Crippen molar-refractivity contribution in [3.8, 4) is 0 Å². The third kappa shape index (κ3) is 5.04. The highest BCUT2D eigenvalue weighted by Gasteiger charge is 2.08. The van der Waals surface area contributed by atoms with Gasteiger partial charge >= 0.3 is 5.97 Å². The van der Waals surface area contributed by atoms with E-state index in [1.807, 2.05) is 18.7 Å². The van der Waals surface area contributed by atoms with Crippen molar-refractivity contribution in [3.63, 3.8) is 0 Å². The number of thioether (sulfide) groups is 1. The van der Waals surface area contributed by atoms with E-state index in [0.29, 0.717) is 5.95 Å². The normalized spacial score (nSPS) is 12.1. The van der Waals surface area contributed by atoms with E-state index in [4.69, 9.17) is 5.11 Å². The Kier molecular flexibility index (Phi) is 5.76. The van der Waals surface area contributed by atoms with Gasteiger partial charge in [-0.15, -0.1) is 0 Å². The van der Waals surface area contributed by atoms with Crippen LogP contribution in [0, 0.1) is 0 Å². The molecule has 0 saturated carbocycles. The van der Waals surface area contributed by atoms with Gasteiger partial charge in [0.25, 0.3) is 0 Å². The first kappa shape index (κ1) is 13.8. The molecule has 0 bridgehead atoms. The summed E-state index contributed by atoms with van der Waals surface area (Å²) >= 11 is 1.88. The summed E-state index contributed by atoms with van der Waals surface area (Å²) in [7, 11) is 0. The Morgan fingerprint density at radius 2 is 2.41 bits per heavy atom. The standard InChI is InChI=1S/C11H17N3O2S/c1-3-17-7-5-8(2)13-11-12-6-4-9(14-11)10(15)16/h4,6,8H,3,5,7H2,1-2H3,(H,15,16)(H,12,13,14). The van der Waals surface area contributed by atoms with Crippen LogP contribution in [0.1, 0.15) is 30.8 Å². The van der Waals surface area contributed by atoms with Gasteiger partial charge in [0.2, 0.25) is 5.95 Å². The highest BCUT2D eigenvalue weighted by atomic mass is 32.2. The Bertz CT molecular complexity index is 373. The van der Waals surface area contributed by atoms with E-state index < -0.39 is 5.97 Å². The van der Waals surface area contributed by atoms with E-state index in [1.165, 1.54) is 12.3 Å². The molecule has 0 aliphatic carbocycles. The minimum absolute atomic E-state index is 0.0117. The SMILES string of the molecule is CCSCCC(C)Nc1nccc(C(=O)O)n1. The molecule has 0 aromatic carbocycles. The molecule has 1 aromatic rings. The number of carbonyl (C=O) groups is 1. The number of nitrogens with one attached hydrogen (secondary N) is 1. The minimum Gasteiger partial charge on any atom is -0.477 e. The van der Waals surface area contributed by atoms with E-state index in [1.54, 1.807) is 0 Å². The summed E-state index contributed by atoms with van der Waals surface area (Å²) in [5, 5.41) is 11.9. The lowest BCUT2D eigenvalue weighted by molar-refractivity contribution is 0.0690. The second-order valence-electron chi connectivity index (χ2n) is 3.60. The average Bonchev–Trinajstić information content (AvgIpc) is 2.29. The van der Waals surface area contributed by atoms with E-state index in [2.05, 4.69) is 22.2 Å². The maximum absolute atomic E-state index is 10.7. The highest BCUT2D eigenvalue weighted by molar-refractivity contribution is 7.99. The number of carboxylic acid groups (broad SMARTS) is 1. The number of anilines is 1. The fourth-order valence-corrected chi connectivity index (χ4v) is 2.05. The molecule has 94 valence electrons. The first-order valence-electron chi connectivity index (χ1n) is 5.54. The molecule has 1 unspecified atom stereocenters. The number of rotatable bonds is 7. The summed E-state index contributed by atoms with van der Waals surface area (Å²) in [4.78, 5) is 18.6. The molecule has 1 heterocycles. The van der Waals surface area contributed by atoms with Gasteiger partial charge in [0.15, 0.2) is 5.69 Å². The van der Waals surface area contributed by atoms with E-state index in [0.717, 1.165) is 17.9 Å². The van der Waals surface area contributed by atoms with Gasteiger partial charge in [0, 0.05) is 12.2 Å². The molecule has 2 N–H and O–H groups in total. The highest BCUT2D eigenvalue weighted by Crippen LogP contribution is 2.08. The third-order valence-corrected chi connectivity index (χ3v) is 3.08. The summed E-state index contributed by atoms with van der Waals surface area (Å²) in [6.45, 7) is 4.16. The second kappa shape index (κ2) is 7.11. The van der Waals surface area contributed by atoms with E-state index in [-0.39, 0.29) is 11.7 Å². The van der Waals surface area contributed by atoms with Crippen LogP contribution in [0.2, 0.25) is 0 Å². The van der Waals surface area contributed by atoms with Crippen molar-refractivity contribution in [1.29, 1.82) is 0 Å². The molecule has 1 aromatic heterocycles. The molecule has 1 rings (SSSR count). The zero-order valence-corrected chi connectivity index (χ0v) is 10.8. The molecule has 0 aliphatic rings. The molecule has 0 fully saturated rings. The molecule has 0 aliphatic heterocycles. The van der Waals surface area contributed by atoms with E-state index >= 15 is 0 Å². The molecule has 17 heavy (non-hydrogen) atoms. The first-order valence-corrected chi connectivity index (χ1v) is 6.69. The quantitative estimate of drug-likeness (QED) is 0.727. The third-order valence-electron chi connectivity index (χ3n) is 2.15. The number of hydrogen-bond acceptors (Lipinski definition) is 5. The fraction of sp³-hybridized carbons (Fsp3) is 0.545. The fourth-order valence-electron chi connectivity index (χ4n) is 1.24. The van der Waals surface area contributed by atoms with Crippen molar-refractivity contribution in [2.24, 2.45) is 0 Å². The van der Waals surface area contributed by atoms with Gasteiger partial charge in [-0.05, 0) is 30.9 Å². The minimum atomic E-state index is -1.04. The largest absolute Gasteiger partial charge is 0.477 e. The topological polar surface area (TPSA) is 75.1 Å². The van der Waals surface area contributed by atoms with Crippen molar-refractivity contribution in [1.82, 2.24) is 9.97 Å². The lowest BCUT2D eigenvalue weighted by Gasteiger charge is -2.13.